The van der Waals surface area contributed by atoms with Crippen LogP contribution in [-0.2, 0) is 13.5 Å². The summed E-state index contributed by atoms with van der Waals surface area (Å²) in [6.45, 7) is 3.99. The first kappa shape index (κ1) is 8.27. The van der Waals surface area contributed by atoms with Gasteiger partial charge in [0.1, 0.15) is 0 Å². The van der Waals surface area contributed by atoms with Crippen LogP contribution in [0.5, 0.6) is 0 Å². The van der Waals surface area contributed by atoms with Crippen molar-refractivity contribution in [2.75, 3.05) is 0 Å². The molecule has 0 aliphatic carbocycles. The van der Waals surface area contributed by atoms with Gasteiger partial charge < -0.3 is 5.73 Å². The number of rotatable bonds is 2. The van der Waals surface area contributed by atoms with Gasteiger partial charge >= 0.3 is 0 Å². The Balaban J connectivity index is 2.77. The van der Waals surface area contributed by atoms with Crippen molar-refractivity contribution in [3.8, 4) is 0 Å². The van der Waals surface area contributed by atoms with E-state index in [1.165, 1.54) is 5.69 Å². The number of aromatic nitrogens is 2. The topological polar surface area (TPSA) is 43.8 Å². The van der Waals surface area contributed by atoms with Gasteiger partial charge in [-0.05, 0) is 19.9 Å². The first-order valence-corrected chi connectivity index (χ1v) is 3.84. The van der Waals surface area contributed by atoms with Gasteiger partial charge in [-0.25, -0.2) is 0 Å². The second kappa shape index (κ2) is 3.05. The number of hydrogen-bond acceptors (Lipinski definition) is 2. The molecule has 0 radical (unpaired) electrons. The van der Waals surface area contributed by atoms with E-state index in [1.807, 2.05) is 25.6 Å². The van der Waals surface area contributed by atoms with E-state index >= 15 is 0 Å². The van der Waals surface area contributed by atoms with Crippen molar-refractivity contribution < 1.29 is 0 Å². The zero-order chi connectivity index (χ0) is 8.43. The Labute approximate surface area is 67.2 Å². The van der Waals surface area contributed by atoms with E-state index in [1.54, 1.807) is 0 Å². The van der Waals surface area contributed by atoms with Crippen molar-refractivity contribution in [1.29, 1.82) is 0 Å². The van der Waals surface area contributed by atoms with Gasteiger partial charge in [-0.2, -0.15) is 5.10 Å². The summed E-state index contributed by atoms with van der Waals surface area (Å²) in [5.41, 5.74) is 7.93. The monoisotopic (exact) mass is 153 g/mol. The predicted octanol–water partition coefficient (Wildman–Crippen LogP) is 0.618. The van der Waals surface area contributed by atoms with Crippen LogP contribution in [0.25, 0.3) is 0 Å². The highest BCUT2D eigenvalue weighted by Crippen LogP contribution is 2.03. The third-order valence-corrected chi connectivity index (χ3v) is 1.63. The number of aryl methyl sites for hydroxylation is 2. The van der Waals surface area contributed by atoms with Crippen LogP contribution in [0.3, 0.4) is 0 Å². The van der Waals surface area contributed by atoms with E-state index in [-0.39, 0.29) is 6.04 Å². The standard InChI is InChI=1S/C8H15N3/c1-6(9)4-8-5-7(2)10-11(8)3/h5-6H,4,9H2,1-3H3/t6-/m0/s1. The molecule has 0 saturated carbocycles. The Hall–Kier alpha value is -0.830. The quantitative estimate of drug-likeness (QED) is 0.676. The first-order chi connectivity index (χ1) is 5.09. The van der Waals surface area contributed by atoms with Crippen molar-refractivity contribution in [3.63, 3.8) is 0 Å². The fourth-order valence-corrected chi connectivity index (χ4v) is 1.19. The maximum Gasteiger partial charge on any atom is 0.0596 e. The molecular formula is C8H15N3. The van der Waals surface area contributed by atoms with Crippen LogP contribution in [-0.4, -0.2) is 15.8 Å². The van der Waals surface area contributed by atoms with E-state index in [0.717, 1.165) is 12.1 Å². The first-order valence-electron chi connectivity index (χ1n) is 3.84. The zero-order valence-electron chi connectivity index (χ0n) is 7.33. The molecule has 0 unspecified atom stereocenters. The average molecular weight is 153 g/mol. The summed E-state index contributed by atoms with van der Waals surface area (Å²) < 4.78 is 1.89. The van der Waals surface area contributed by atoms with Crippen LogP contribution in [0.15, 0.2) is 6.07 Å². The van der Waals surface area contributed by atoms with Crippen molar-refractivity contribution in [1.82, 2.24) is 9.78 Å². The lowest BCUT2D eigenvalue weighted by Gasteiger charge is -2.03. The van der Waals surface area contributed by atoms with Gasteiger partial charge in [0.15, 0.2) is 0 Å². The second-order valence-electron chi connectivity index (χ2n) is 3.08. The van der Waals surface area contributed by atoms with Gasteiger partial charge in [0.2, 0.25) is 0 Å². The fraction of sp³-hybridized carbons (Fsp3) is 0.625. The second-order valence-corrected chi connectivity index (χ2v) is 3.08. The van der Waals surface area contributed by atoms with Crippen molar-refractivity contribution >= 4 is 0 Å². The molecule has 3 nitrogen and oxygen atoms in total. The third kappa shape index (κ3) is 2.05. The molecule has 0 amide bonds. The Morgan fingerprint density at radius 3 is 2.73 bits per heavy atom. The van der Waals surface area contributed by atoms with Gasteiger partial charge in [0.25, 0.3) is 0 Å². The van der Waals surface area contributed by atoms with E-state index in [0.29, 0.717) is 0 Å². The molecule has 1 heterocycles. The Kier molecular flexibility index (Phi) is 2.29. The number of hydrogen-bond donors (Lipinski definition) is 1. The SMILES string of the molecule is Cc1cc(C[C@H](C)N)n(C)n1. The molecule has 3 heteroatoms. The molecule has 0 aliphatic heterocycles. The molecule has 2 N–H and O–H groups in total. The summed E-state index contributed by atoms with van der Waals surface area (Å²) in [6.07, 6.45) is 0.900. The molecule has 11 heavy (non-hydrogen) atoms. The normalized spacial score (nSPS) is 13.5. The van der Waals surface area contributed by atoms with Gasteiger partial charge in [0, 0.05) is 25.2 Å². The summed E-state index contributed by atoms with van der Waals surface area (Å²) >= 11 is 0. The molecule has 1 aromatic heterocycles. The molecule has 1 aromatic rings. The van der Waals surface area contributed by atoms with Crippen LogP contribution in [0.1, 0.15) is 18.3 Å². The van der Waals surface area contributed by atoms with Crippen LogP contribution in [0, 0.1) is 6.92 Å². The van der Waals surface area contributed by atoms with Crippen LogP contribution < -0.4 is 5.73 Å². The molecule has 0 bridgehead atoms. The number of nitrogens with zero attached hydrogens (tertiary/aromatic N) is 2. The molecule has 1 rings (SSSR count). The maximum atomic E-state index is 5.66. The van der Waals surface area contributed by atoms with E-state index < -0.39 is 0 Å². The molecular weight excluding hydrogens is 138 g/mol. The van der Waals surface area contributed by atoms with Gasteiger partial charge in [0.05, 0.1) is 5.69 Å². The summed E-state index contributed by atoms with van der Waals surface area (Å²) in [4.78, 5) is 0. The van der Waals surface area contributed by atoms with Crippen molar-refractivity contribution in [3.05, 3.63) is 17.5 Å². The smallest absolute Gasteiger partial charge is 0.0596 e. The van der Waals surface area contributed by atoms with Gasteiger partial charge in [-0.1, -0.05) is 0 Å². The lowest BCUT2D eigenvalue weighted by atomic mass is 10.2. The minimum absolute atomic E-state index is 0.213. The van der Waals surface area contributed by atoms with Crippen molar-refractivity contribution in [2.24, 2.45) is 12.8 Å². The predicted molar refractivity (Wildman–Crippen MR) is 45.3 cm³/mol. The molecule has 0 fully saturated rings. The van der Waals surface area contributed by atoms with Gasteiger partial charge in [-0.3, -0.25) is 4.68 Å². The third-order valence-electron chi connectivity index (χ3n) is 1.63. The fourth-order valence-electron chi connectivity index (χ4n) is 1.19. The lowest BCUT2D eigenvalue weighted by molar-refractivity contribution is 0.648. The lowest BCUT2D eigenvalue weighted by Crippen LogP contribution is -2.19. The van der Waals surface area contributed by atoms with Gasteiger partial charge in [-0.15, -0.1) is 0 Å². The summed E-state index contributed by atoms with van der Waals surface area (Å²) in [5.74, 6) is 0. The van der Waals surface area contributed by atoms with E-state index in [9.17, 15) is 0 Å². The number of nitrogens with two attached hydrogens (primary N) is 1. The average Bonchev–Trinajstić information content (AvgIpc) is 2.09. The Morgan fingerprint density at radius 2 is 2.36 bits per heavy atom. The largest absolute Gasteiger partial charge is 0.328 e. The molecule has 0 saturated heterocycles. The molecule has 0 aromatic carbocycles. The minimum atomic E-state index is 0.213. The Bertz CT molecular complexity index is 237. The zero-order valence-corrected chi connectivity index (χ0v) is 7.33. The highest BCUT2D eigenvalue weighted by molar-refractivity contribution is 5.09. The van der Waals surface area contributed by atoms with Crippen LogP contribution >= 0.6 is 0 Å². The summed E-state index contributed by atoms with van der Waals surface area (Å²) in [6, 6.07) is 2.29. The molecule has 0 spiro atoms. The van der Waals surface area contributed by atoms with Crippen LogP contribution in [0.4, 0.5) is 0 Å². The summed E-state index contributed by atoms with van der Waals surface area (Å²) in [5, 5.41) is 4.23. The summed E-state index contributed by atoms with van der Waals surface area (Å²) in [7, 11) is 1.95. The molecule has 0 aliphatic rings. The van der Waals surface area contributed by atoms with E-state index in [4.69, 9.17) is 5.73 Å². The van der Waals surface area contributed by atoms with Crippen LogP contribution in [0.2, 0.25) is 0 Å². The highest BCUT2D eigenvalue weighted by Gasteiger charge is 2.03. The maximum absolute atomic E-state index is 5.66. The highest BCUT2D eigenvalue weighted by atomic mass is 15.3. The molecule has 1 atom stereocenters. The van der Waals surface area contributed by atoms with E-state index in [2.05, 4.69) is 11.2 Å². The molecule has 62 valence electrons. The van der Waals surface area contributed by atoms with Crippen molar-refractivity contribution in [2.45, 2.75) is 26.3 Å². The minimum Gasteiger partial charge on any atom is -0.328 e. The Morgan fingerprint density at radius 1 is 1.73 bits per heavy atom.